The number of nitrogens with one attached hydrogen (secondary N) is 2. The highest BCUT2D eigenvalue weighted by molar-refractivity contribution is 7.98. The zero-order valence-electron chi connectivity index (χ0n) is 17.6. The lowest BCUT2D eigenvalue weighted by Crippen LogP contribution is -2.53. The molecule has 3 aliphatic rings. The van der Waals surface area contributed by atoms with Crippen molar-refractivity contribution in [1.29, 1.82) is 0 Å². The van der Waals surface area contributed by atoms with E-state index in [-0.39, 0.29) is 24.4 Å². The number of rotatable bonds is 6. The first-order valence-corrected chi connectivity index (χ1v) is 12.1. The molecule has 5 rings (SSSR count). The van der Waals surface area contributed by atoms with Gasteiger partial charge in [0, 0.05) is 23.8 Å². The fourth-order valence-electron chi connectivity index (χ4n) is 5.43. The predicted octanol–water partition coefficient (Wildman–Crippen LogP) is 2.54. The number of anilines is 1. The third kappa shape index (κ3) is 3.08. The molecule has 0 aliphatic carbocycles. The molecule has 2 aromatic carbocycles. The number of carbonyl (C=O) groups is 3. The standard InChI is InChI=1S/C24H24FN3O3S/c1-32-12-10-18-19-20(22(30)28(21(19)29)11-9-14-5-3-2-4-6-14)24(27-18)16-13-15(25)7-8-17(16)26-23(24)31/h2-8,13,18-20,27H,9-12H2,1H3,(H,26,31)/t18?,19-,20+,24?/m1/s1. The summed E-state index contributed by atoms with van der Waals surface area (Å²) in [5.41, 5.74) is 0.494. The van der Waals surface area contributed by atoms with Gasteiger partial charge in [0.15, 0.2) is 0 Å². The van der Waals surface area contributed by atoms with Gasteiger partial charge in [-0.15, -0.1) is 0 Å². The minimum atomic E-state index is -1.43. The van der Waals surface area contributed by atoms with Crippen molar-refractivity contribution in [2.24, 2.45) is 11.8 Å². The predicted molar refractivity (Wildman–Crippen MR) is 120 cm³/mol. The van der Waals surface area contributed by atoms with Crippen LogP contribution in [0.25, 0.3) is 0 Å². The van der Waals surface area contributed by atoms with Crippen LogP contribution in [0, 0.1) is 17.7 Å². The van der Waals surface area contributed by atoms with Gasteiger partial charge >= 0.3 is 0 Å². The van der Waals surface area contributed by atoms with Gasteiger partial charge in [-0.05, 0) is 48.6 Å². The third-order valence-corrected chi connectivity index (χ3v) is 7.51. The molecule has 2 fully saturated rings. The smallest absolute Gasteiger partial charge is 0.250 e. The molecule has 6 nitrogen and oxygen atoms in total. The lowest BCUT2D eigenvalue weighted by atomic mass is 9.76. The van der Waals surface area contributed by atoms with Gasteiger partial charge < -0.3 is 5.32 Å². The summed E-state index contributed by atoms with van der Waals surface area (Å²) >= 11 is 1.64. The largest absolute Gasteiger partial charge is 0.324 e. The van der Waals surface area contributed by atoms with Gasteiger partial charge in [-0.3, -0.25) is 24.6 Å². The Morgan fingerprint density at radius 3 is 2.62 bits per heavy atom. The van der Waals surface area contributed by atoms with Crippen molar-refractivity contribution in [2.75, 3.05) is 23.9 Å². The number of amides is 3. The fourth-order valence-corrected chi connectivity index (χ4v) is 5.92. The minimum absolute atomic E-state index is 0.246. The summed E-state index contributed by atoms with van der Waals surface area (Å²) in [5.74, 6) is -2.24. The Balaban J connectivity index is 1.53. The van der Waals surface area contributed by atoms with E-state index < -0.39 is 29.1 Å². The molecular formula is C24H24FN3O3S. The first-order valence-electron chi connectivity index (χ1n) is 10.7. The number of fused-ring (bicyclic) bond motifs is 4. The number of halogens is 1. The molecule has 3 amide bonds. The second-order valence-corrected chi connectivity index (χ2v) is 9.54. The Labute approximate surface area is 189 Å². The van der Waals surface area contributed by atoms with E-state index in [2.05, 4.69) is 10.6 Å². The second kappa shape index (κ2) is 8.01. The molecule has 0 bridgehead atoms. The summed E-state index contributed by atoms with van der Waals surface area (Å²) < 4.78 is 14.2. The number of imide groups is 1. The van der Waals surface area contributed by atoms with Gasteiger partial charge in [-0.2, -0.15) is 11.8 Å². The van der Waals surface area contributed by atoms with Crippen LogP contribution in [0.3, 0.4) is 0 Å². The molecular weight excluding hydrogens is 429 g/mol. The zero-order chi connectivity index (χ0) is 22.5. The molecule has 2 unspecified atom stereocenters. The van der Waals surface area contributed by atoms with Crippen LogP contribution >= 0.6 is 11.8 Å². The van der Waals surface area contributed by atoms with E-state index in [4.69, 9.17) is 0 Å². The highest BCUT2D eigenvalue weighted by atomic mass is 32.2. The van der Waals surface area contributed by atoms with Gasteiger partial charge in [-0.1, -0.05) is 30.3 Å². The van der Waals surface area contributed by atoms with Crippen LogP contribution in [0.1, 0.15) is 17.5 Å². The number of nitrogens with zero attached hydrogens (tertiary/aromatic N) is 1. The van der Waals surface area contributed by atoms with Crippen LogP contribution in [0.5, 0.6) is 0 Å². The first-order chi connectivity index (χ1) is 15.5. The van der Waals surface area contributed by atoms with E-state index in [1.165, 1.54) is 23.1 Å². The van der Waals surface area contributed by atoms with Crippen molar-refractivity contribution in [3.8, 4) is 0 Å². The maximum Gasteiger partial charge on any atom is 0.250 e. The van der Waals surface area contributed by atoms with Gasteiger partial charge in [0.05, 0.1) is 11.8 Å². The molecule has 2 N–H and O–H groups in total. The summed E-state index contributed by atoms with van der Waals surface area (Å²) in [7, 11) is 0. The highest BCUT2D eigenvalue weighted by Crippen LogP contribution is 2.53. The molecule has 0 aromatic heterocycles. The normalized spacial score (nSPS) is 28.4. The number of benzene rings is 2. The van der Waals surface area contributed by atoms with Crippen molar-refractivity contribution < 1.29 is 18.8 Å². The molecule has 3 aliphatic heterocycles. The molecule has 3 heterocycles. The summed E-state index contributed by atoms with van der Waals surface area (Å²) in [6.45, 7) is 0.262. The fraction of sp³-hybridized carbons (Fsp3) is 0.375. The molecule has 0 saturated carbocycles. The number of hydrogen-bond acceptors (Lipinski definition) is 5. The van der Waals surface area contributed by atoms with E-state index in [1.807, 2.05) is 36.6 Å². The number of likely N-dealkylation sites (tertiary alicyclic amines) is 1. The number of hydrogen-bond donors (Lipinski definition) is 2. The second-order valence-electron chi connectivity index (χ2n) is 8.55. The first kappa shape index (κ1) is 21.2. The van der Waals surface area contributed by atoms with Gasteiger partial charge in [0.25, 0.3) is 0 Å². The average molecular weight is 454 g/mol. The Morgan fingerprint density at radius 1 is 1.09 bits per heavy atom. The summed E-state index contributed by atoms with van der Waals surface area (Å²) in [6, 6.07) is 13.4. The van der Waals surface area contributed by atoms with Crippen LogP contribution in [0.2, 0.25) is 0 Å². The Hall–Kier alpha value is -2.71. The van der Waals surface area contributed by atoms with Gasteiger partial charge in [0.2, 0.25) is 17.7 Å². The average Bonchev–Trinajstić information content (AvgIpc) is 3.37. The highest BCUT2D eigenvalue weighted by Gasteiger charge is 2.70. The van der Waals surface area contributed by atoms with Crippen LogP contribution in [0.4, 0.5) is 10.1 Å². The summed E-state index contributed by atoms with van der Waals surface area (Å²) in [5, 5.41) is 6.13. The molecule has 1 spiro atoms. The van der Waals surface area contributed by atoms with Crippen LogP contribution in [-0.4, -0.2) is 47.2 Å². The Bertz CT molecular complexity index is 1100. The molecule has 0 radical (unpaired) electrons. The van der Waals surface area contributed by atoms with Crippen LogP contribution in [0.15, 0.2) is 48.5 Å². The molecule has 2 aromatic rings. The van der Waals surface area contributed by atoms with Crippen molar-refractivity contribution >= 4 is 35.2 Å². The van der Waals surface area contributed by atoms with Crippen LogP contribution < -0.4 is 10.6 Å². The molecule has 2 saturated heterocycles. The molecule has 166 valence electrons. The van der Waals surface area contributed by atoms with Crippen LogP contribution in [-0.2, 0) is 26.3 Å². The third-order valence-electron chi connectivity index (χ3n) is 6.87. The van der Waals surface area contributed by atoms with E-state index in [9.17, 15) is 18.8 Å². The van der Waals surface area contributed by atoms with E-state index in [0.29, 0.717) is 24.1 Å². The van der Waals surface area contributed by atoms with Gasteiger partial charge in [-0.25, -0.2) is 4.39 Å². The molecule has 8 heteroatoms. The van der Waals surface area contributed by atoms with Crippen molar-refractivity contribution in [3.05, 3.63) is 65.5 Å². The van der Waals surface area contributed by atoms with Crippen molar-refractivity contribution in [1.82, 2.24) is 10.2 Å². The topological polar surface area (TPSA) is 78.5 Å². The summed E-state index contributed by atoms with van der Waals surface area (Å²) in [4.78, 5) is 41.7. The van der Waals surface area contributed by atoms with E-state index in [1.54, 1.807) is 11.8 Å². The Kier molecular flexibility index (Phi) is 5.29. The zero-order valence-corrected chi connectivity index (χ0v) is 18.5. The van der Waals surface area contributed by atoms with E-state index >= 15 is 0 Å². The molecule has 4 atom stereocenters. The maximum absolute atomic E-state index is 14.2. The van der Waals surface area contributed by atoms with Gasteiger partial charge in [0.1, 0.15) is 11.4 Å². The monoisotopic (exact) mass is 453 g/mol. The molecule has 32 heavy (non-hydrogen) atoms. The minimum Gasteiger partial charge on any atom is -0.324 e. The number of thioether (sulfide) groups is 1. The number of carbonyl (C=O) groups excluding carboxylic acids is 3. The SMILES string of the molecule is CSCCC1NC2(C(=O)Nc3ccc(F)cc32)[C@@H]2C(=O)N(CCc3ccccc3)C(=O)[C@H]12. The quantitative estimate of drug-likeness (QED) is 0.658. The summed E-state index contributed by atoms with van der Waals surface area (Å²) in [6.07, 6.45) is 3.15. The maximum atomic E-state index is 14.2. The lowest BCUT2D eigenvalue weighted by Gasteiger charge is -2.29. The Morgan fingerprint density at radius 2 is 1.88 bits per heavy atom. The lowest BCUT2D eigenvalue weighted by molar-refractivity contribution is -0.142. The van der Waals surface area contributed by atoms with Crippen molar-refractivity contribution in [3.63, 3.8) is 0 Å². The van der Waals surface area contributed by atoms with Crippen molar-refractivity contribution in [2.45, 2.75) is 24.4 Å². The van der Waals surface area contributed by atoms with E-state index in [0.717, 1.165) is 11.3 Å².